The van der Waals surface area contributed by atoms with Crippen LogP contribution in [-0.4, -0.2) is 33.5 Å². The minimum atomic E-state index is 0.332. The van der Waals surface area contributed by atoms with E-state index in [2.05, 4.69) is 40.3 Å². The lowest BCUT2D eigenvalue weighted by Crippen LogP contribution is -2.23. The summed E-state index contributed by atoms with van der Waals surface area (Å²) in [7, 11) is 1.68. The van der Waals surface area contributed by atoms with Crippen LogP contribution in [0.25, 0.3) is 0 Å². The van der Waals surface area contributed by atoms with Crippen LogP contribution in [0.15, 0.2) is 28.7 Å². The summed E-state index contributed by atoms with van der Waals surface area (Å²) in [5.41, 5.74) is 1.27. The normalized spacial score (nSPS) is 12.6. The molecule has 1 aromatic carbocycles. The Kier molecular flexibility index (Phi) is 7.44. The third-order valence-electron chi connectivity index (χ3n) is 2.48. The fourth-order valence-corrected chi connectivity index (χ4v) is 1.90. The van der Waals surface area contributed by atoms with Crippen molar-refractivity contribution in [3.8, 4) is 0 Å². The van der Waals surface area contributed by atoms with Crippen LogP contribution < -0.4 is 5.32 Å². The topological polar surface area (TPSA) is 30.5 Å². The monoisotopic (exact) mass is 301 g/mol. The van der Waals surface area contributed by atoms with Gasteiger partial charge in [0.15, 0.2) is 0 Å². The molecule has 0 aliphatic rings. The van der Waals surface area contributed by atoms with E-state index in [9.17, 15) is 0 Å². The molecule has 4 heteroatoms. The second kappa shape index (κ2) is 8.64. The van der Waals surface area contributed by atoms with E-state index in [0.717, 1.165) is 11.0 Å². The van der Waals surface area contributed by atoms with E-state index in [1.807, 2.05) is 12.1 Å². The lowest BCUT2D eigenvalue weighted by Gasteiger charge is -2.14. The van der Waals surface area contributed by atoms with E-state index in [4.69, 9.17) is 9.47 Å². The van der Waals surface area contributed by atoms with Gasteiger partial charge in [0.25, 0.3) is 0 Å². The number of benzene rings is 1. The zero-order valence-electron chi connectivity index (χ0n) is 10.4. The summed E-state index contributed by atoms with van der Waals surface area (Å²) in [6, 6.07) is 8.66. The van der Waals surface area contributed by atoms with Gasteiger partial charge < -0.3 is 14.8 Å². The second-order valence-corrected chi connectivity index (χ2v) is 4.75. The zero-order valence-corrected chi connectivity index (χ0v) is 12.0. The molecule has 0 saturated heterocycles. The molecule has 0 aliphatic carbocycles. The molecule has 0 fully saturated rings. The smallest absolute Gasteiger partial charge is 0.0700 e. The summed E-state index contributed by atoms with van der Waals surface area (Å²) in [4.78, 5) is 0. The standard InChI is InChI=1S/C13H20BrNO2/c1-11(12-4-3-5-13(14)10-12)15-6-7-17-9-8-16-2/h3-5,10-11,15H,6-9H2,1-2H3. The molecular formula is C13H20BrNO2. The predicted octanol–water partition coefficient (Wildman–Crippen LogP) is 2.76. The number of nitrogens with one attached hydrogen (secondary N) is 1. The van der Waals surface area contributed by atoms with Gasteiger partial charge >= 0.3 is 0 Å². The Labute approximate surface area is 112 Å². The van der Waals surface area contributed by atoms with Crippen LogP contribution in [0.1, 0.15) is 18.5 Å². The number of hydrogen-bond donors (Lipinski definition) is 1. The quantitative estimate of drug-likeness (QED) is 0.749. The zero-order chi connectivity index (χ0) is 12.5. The third-order valence-corrected chi connectivity index (χ3v) is 2.97. The van der Waals surface area contributed by atoms with E-state index in [1.54, 1.807) is 7.11 Å². The van der Waals surface area contributed by atoms with Crippen molar-refractivity contribution < 1.29 is 9.47 Å². The van der Waals surface area contributed by atoms with Crippen molar-refractivity contribution in [2.75, 3.05) is 33.5 Å². The van der Waals surface area contributed by atoms with Crippen molar-refractivity contribution in [2.24, 2.45) is 0 Å². The Balaban J connectivity index is 2.19. The van der Waals surface area contributed by atoms with Crippen molar-refractivity contribution in [1.29, 1.82) is 0 Å². The van der Waals surface area contributed by atoms with Crippen LogP contribution in [0.2, 0.25) is 0 Å². The molecule has 0 heterocycles. The Bertz CT molecular complexity index is 320. The second-order valence-electron chi connectivity index (χ2n) is 3.84. The highest BCUT2D eigenvalue weighted by atomic mass is 79.9. The summed E-state index contributed by atoms with van der Waals surface area (Å²) >= 11 is 3.47. The average Bonchev–Trinajstić information content (AvgIpc) is 2.33. The van der Waals surface area contributed by atoms with Gasteiger partial charge in [0, 0.05) is 24.2 Å². The minimum Gasteiger partial charge on any atom is -0.382 e. The average molecular weight is 302 g/mol. The van der Waals surface area contributed by atoms with Crippen molar-refractivity contribution in [3.05, 3.63) is 34.3 Å². The fraction of sp³-hybridized carbons (Fsp3) is 0.538. The molecule has 1 unspecified atom stereocenters. The number of ether oxygens (including phenoxy) is 2. The van der Waals surface area contributed by atoms with Crippen LogP contribution in [0.5, 0.6) is 0 Å². The van der Waals surface area contributed by atoms with E-state index < -0.39 is 0 Å². The molecule has 0 radical (unpaired) electrons. The number of halogens is 1. The summed E-state index contributed by atoms with van der Waals surface area (Å²) < 4.78 is 11.4. The fourth-order valence-electron chi connectivity index (χ4n) is 1.49. The van der Waals surface area contributed by atoms with E-state index >= 15 is 0 Å². The molecule has 0 bridgehead atoms. The van der Waals surface area contributed by atoms with Gasteiger partial charge in [-0.3, -0.25) is 0 Å². The molecule has 0 aliphatic heterocycles. The first kappa shape index (κ1) is 14.6. The van der Waals surface area contributed by atoms with Crippen molar-refractivity contribution in [2.45, 2.75) is 13.0 Å². The van der Waals surface area contributed by atoms with Crippen LogP contribution in [0.4, 0.5) is 0 Å². The molecule has 17 heavy (non-hydrogen) atoms. The van der Waals surface area contributed by atoms with Crippen molar-refractivity contribution >= 4 is 15.9 Å². The van der Waals surface area contributed by atoms with E-state index in [1.165, 1.54) is 5.56 Å². The van der Waals surface area contributed by atoms with Gasteiger partial charge in [0.1, 0.15) is 0 Å². The van der Waals surface area contributed by atoms with Gasteiger partial charge in [-0.2, -0.15) is 0 Å². The van der Waals surface area contributed by atoms with E-state index in [0.29, 0.717) is 25.9 Å². The number of hydrogen-bond acceptors (Lipinski definition) is 3. The third kappa shape index (κ3) is 6.17. The van der Waals surface area contributed by atoms with Gasteiger partial charge in [-0.1, -0.05) is 28.1 Å². The van der Waals surface area contributed by atoms with Gasteiger partial charge in [-0.25, -0.2) is 0 Å². The molecule has 0 amide bonds. The Morgan fingerprint density at radius 1 is 1.29 bits per heavy atom. The molecule has 1 atom stereocenters. The van der Waals surface area contributed by atoms with Crippen LogP contribution in [-0.2, 0) is 9.47 Å². The van der Waals surface area contributed by atoms with Gasteiger partial charge in [0.05, 0.1) is 19.8 Å². The lowest BCUT2D eigenvalue weighted by atomic mass is 10.1. The molecule has 3 nitrogen and oxygen atoms in total. The molecule has 0 aromatic heterocycles. The maximum absolute atomic E-state index is 5.39. The first-order chi connectivity index (χ1) is 8.24. The highest BCUT2D eigenvalue weighted by Crippen LogP contribution is 2.17. The van der Waals surface area contributed by atoms with Gasteiger partial charge in [0.2, 0.25) is 0 Å². The van der Waals surface area contributed by atoms with Crippen LogP contribution in [0.3, 0.4) is 0 Å². The van der Waals surface area contributed by atoms with E-state index in [-0.39, 0.29) is 0 Å². The molecule has 1 aromatic rings. The Hall–Kier alpha value is -0.420. The van der Waals surface area contributed by atoms with Crippen LogP contribution >= 0.6 is 15.9 Å². The molecule has 0 saturated carbocycles. The number of rotatable bonds is 8. The highest BCUT2D eigenvalue weighted by Gasteiger charge is 2.04. The first-order valence-electron chi connectivity index (χ1n) is 5.79. The minimum absolute atomic E-state index is 0.332. The largest absolute Gasteiger partial charge is 0.382 e. The summed E-state index contributed by atoms with van der Waals surface area (Å²) in [6.07, 6.45) is 0. The highest BCUT2D eigenvalue weighted by molar-refractivity contribution is 9.10. The van der Waals surface area contributed by atoms with Crippen LogP contribution in [0, 0.1) is 0 Å². The summed E-state index contributed by atoms with van der Waals surface area (Å²) in [6.45, 7) is 5.01. The maximum atomic E-state index is 5.39. The molecule has 1 N–H and O–H groups in total. The van der Waals surface area contributed by atoms with Crippen molar-refractivity contribution in [3.63, 3.8) is 0 Å². The van der Waals surface area contributed by atoms with Crippen molar-refractivity contribution in [1.82, 2.24) is 5.32 Å². The van der Waals surface area contributed by atoms with Gasteiger partial charge in [-0.15, -0.1) is 0 Å². The Morgan fingerprint density at radius 3 is 2.82 bits per heavy atom. The first-order valence-corrected chi connectivity index (χ1v) is 6.59. The predicted molar refractivity (Wildman–Crippen MR) is 73.3 cm³/mol. The SMILES string of the molecule is COCCOCCNC(C)c1cccc(Br)c1. The van der Waals surface area contributed by atoms with Gasteiger partial charge in [-0.05, 0) is 24.6 Å². The molecular weight excluding hydrogens is 282 g/mol. The molecule has 96 valence electrons. The maximum Gasteiger partial charge on any atom is 0.0700 e. The molecule has 1 rings (SSSR count). The Morgan fingerprint density at radius 2 is 2.12 bits per heavy atom. The summed E-state index contributed by atoms with van der Waals surface area (Å²) in [5, 5.41) is 3.42. The molecule has 0 spiro atoms. The number of methoxy groups -OCH3 is 1. The summed E-state index contributed by atoms with van der Waals surface area (Å²) in [5.74, 6) is 0. The lowest BCUT2D eigenvalue weighted by molar-refractivity contribution is 0.0712.